The van der Waals surface area contributed by atoms with Gasteiger partial charge in [0.05, 0.1) is 10.6 Å². The van der Waals surface area contributed by atoms with Crippen LogP contribution in [0.3, 0.4) is 0 Å². The highest BCUT2D eigenvalue weighted by Crippen LogP contribution is 2.42. The van der Waals surface area contributed by atoms with Gasteiger partial charge in [-0.2, -0.15) is 0 Å². The van der Waals surface area contributed by atoms with Crippen LogP contribution in [0.15, 0.2) is 52.3 Å². The summed E-state index contributed by atoms with van der Waals surface area (Å²) in [6.45, 7) is 5.87. The molecule has 1 aliphatic heterocycles. The van der Waals surface area contributed by atoms with Gasteiger partial charge in [0.15, 0.2) is 0 Å². The number of likely N-dealkylation sites (N-methyl/N-ethyl adjacent to an activating group) is 1. The van der Waals surface area contributed by atoms with E-state index in [-0.39, 0.29) is 17.9 Å². The fourth-order valence-electron chi connectivity index (χ4n) is 2.79. The molecule has 5 heteroatoms. The normalized spacial score (nSPS) is 15.3. The Balaban J connectivity index is 1.93. The first-order valence-electron chi connectivity index (χ1n) is 8.54. The number of aryl methyl sites for hydroxylation is 1. The lowest BCUT2D eigenvalue weighted by molar-refractivity contribution is -0.114. The largest absolute Gasteiger partial charge is 0.350 e. The van der Waals surface area contributed by atoms with Gasteiger partial charge < -0.3 is 10.2 Å². The van der Waals surface area contributed by atoms with Gasteiger partial charge in [0.25, 0.3) is 11.8 Å². The molecule has 1 heterocycles. The summed E-state index contributed by atoms with van der Waals surface area (Å²) in [5.74, 6) is -0.194. The number of fused-ring (bicyclic) bond motifs is 1. The summed E-state index contributed by atoms with van der Waals surface area (Å²) in [5, 5.41) is 2.88. The highest BCUT2D eigenvalue weighted by Gasteiger charge is 2.27. The van der Waals surface area contributed by atoms with E-state index < -0.39 is 0 Å². The van der Waals surface area contributed by atoms with Crippen LogP contribution >= 0.6 is 11.8 Å². The quantitative estimate of drug-likeness (QED) is 0.827. The Labute approximate surface area is 158 Å². The number of benzene rings is 2. The van der Waals surface area contributed by atoms with Crippen molar-refractivity contribution in [2.75, 3.05) is 11.9 Å². The summed E-state index contributed by atoms with van der Waals surface area (Å²) in [6.07, 6.45) is 1.92. The van der Waals surface area contributed by atoms with Crippen LogP contribution < -0.4 is 10.2 Å². The van der Waals surface area contributed by atoms with E-state index in [0.29, 0.717) is 10.5 Å². The lowest BCUT2D eigenvalue weighted by Gasteiger charge is -2.27. The Morgan fingerprint density at radius 1 is 1.19 bits per heavy atom. The average Bonchev–Trinajstić information content (AvgIpc) is 2.58. The van der Waals surface area contributed by atoms with E-state index in [2.05, 4.69) is 11.4 Å². The molecule has 2 aromatic rings. The van der Waals surface area contributed by atoms with E-state index in [9.17, 15) is 9.59 Å². The molecule has 4 nitrogen and oxygen atoms in total. The molecule has 2 amide bonds. The predicted molar refractivity (Wildman–Crippen MR) is 107 cm³/mol. The van der Waals surface area contributed by atoms with Gasteiger partial charge in [0.2, 0.25) is 0 Å². The minimum Gasteiger partial charge on any atom is -0.350 e. The number of carbonyl (C=O) groups is 2. The first-order valence-corrected chi connectivity index (χ1v) is 9.36. The van der Waals surface area contributed by atoms with Crippen LogP contribution in [0.25, 0.3) is 6.08 Å². The molecule has 2 aromatic carbocycles. The number of nitrogens with zero attached hydrogens (tertiary/aromatic N) is 1. The van der Waals surface area contributed by atoms with E-state index in [1.165, 1.54) is 11.8 Å². The van der Waals surface area contributed by atoms with Gasteiger partial charge in [-0.15, -0.1) is 0 Å². The van der Waals surface area contributed by atoms with Crippen LogP contribution in [0.2, 0.25) is 0 Å². The predicted octanol–water partition coefficient (Wildman–Crippen LogP) is 4.24. The van der Waals surface area contributed by atoms with Gasteiger partial charge in [-0.25, -0.2) is 0 Å². The molecular weight excluding hydrogens is 344 g/mol. The van der Waals surface area contributed by atoms with Crippen molar-refractivity contribution in [2.45, 2.75) is 31.7 Å². The van der Waals surface area contributed by atoms with E-state index in [1.54, 1.807) is 24.1 Å². The maximum atomic E-state index is 12.8. The van der Waals surface area contributed by atoms with Crippen molar-refractivity contribution in [2.24, 2.45) is 0 Å². The molecule has 0 atom stereocenters. The molecule has 1 N–H and O–H groups in total. The third kappa shape index (κ3) is 3.83. The number of carbonyl (C=O) groups excluding carboxylic acids is 2. The van der Waals surface area contributed by atoms with Crippen LogP contribution in [-0.2, 0) is 4.79 Å². The SMILES string of the molecule is Cc1cccc(C=C2Sc3ccc(C(=O)NC(C)C)cc3N(C)C2=O)c1. The van der Waals surface area contributed by atoms with Crippen molar-refractivity contribution < 1.29 is 9.59 Å². The monoisotopic (exact) mass is 366 g/mol. The molecule has 134 valence electrons. The summed E-state index contributed by atoms with van der Waals surface area (Å²) < 4.78 is 0. The van der Waals surface area contributed by atoms with Crippen LogP contribution in [0.4, 0.5) is 5.69 Å². The summed E-state index contributed by atoms with van der Waals surface area (Å²) in [4.78, 5) is 28.3. The summed E-state index contributed by atoms with van der Waals surface area (Å²) in [6, 6.07) is 13.6. The second kappa shape index (κ2) is 7.38. The Hall–Kier alpha value is -2.53. The Kier molecular flexibility index (Phi) is 5.18. The summed E-state index contributed by atoms with van der Waals surface area (Å²) in [5.41, 5.74) is 3.48. The third-order valence-electron chi connectivity index (χ3n) is 4.08. The van der Waals surface area contributed by atoms with Crippen molar-refractivity contribution in [3.8, 4) is 0 Å². The molecule has 0 radical (unpaired) electrons. The van der Waals surface area contributed by atoms with Crippen LogP contribution in [-0.4, -0.2) is 24.9 Å². The molecule has 0 fully saturated rings. The molecule has 0 saturated carbocycles. The Morgan fingerprint density at radius 3 is 2.65 bits per heavy atom. The number of rotatable bonds is 3. The molecule has 0 unspecified atom stereocenters. The van der Waals surface area contributed by atoms with Crippen molar-refractivity contribution in [3.05, 3.63) is 64.1 Å². The van der Waals surface area contributed by atoms with Crippen LogP contribution in [0, 0.1) is 6.92 Å². The van der Waals surface area contributed by atoms with Crippen molar-refractivity contribution in [3.63, 3.8) is 0 Å². The maximum Gasteiger partial charge on any atom is 0.264 e. The highest BCUT2D eigenvalue weighted by atomic mass is 32.2. The standard InChI is InChI=1S/C21H22N2O2S/c1-13(2)22-20(24)16-8-9-18-17(12-16)23(4)21(25)19(26-18)11-15-7-5-6-14(3)10-15/h5-13H,1-4H3,(H,22,24). The van der Waals surface area contributed by atoms with Crippen LogP contribution in [0.5, 0.6) is 0 Å². The van der Waals surface area contributed by atoms with E-state index in [1.807, 2.05) is 51.1 Å². The zero-order chi connectivity index (χ0) is 18.8. The minimum absolute atomic E-state index is 0.0644. The smallest absolute Gasteiger partial charge is 0.264 e. The zero-order valence-electron chi connectivity index (χ0n) is 15.4. The number of nitrogens with one attached hydrogen (secondary N) is 1. The third-order valence-corrected chi connectivity index (χ3v) is 5.15. The maximum absolute atomic E-state index is 12.8. The first kappa shape index (κ1) is 18.3. The lowest BCUT2D eigenvalue weighted by Crippen LogP contribution is -2.32. The second-order valence-electron chi connectivity index (χ2n) is 6.70. The first-order chi connectivity index (χ1) is 12.3. The second-order valence-corrected chi connectivity index (χ2v) is 7.78. The van der Waals surface area contributed by atoms with E-state index in [0.717, 1.165) is 21.7 Å². The van der Waals surface area contributed by atoms with E-state index in [4.69, 9.17) is 0 Å². The molecule has 0 aliphatic carbocycles. The highest BCUT2D eigenvalue weighted by molar-refractivity contribution is 8.04. The lowest BCUT2D eigenvalue weighted by atomic mass is 10.1. The van der Waals surface area contributed by atoms with Crippen molar-refractivity contribution in [1.29, 1.82) is 0 Å². The Bertz CT molecular complexity index is 903. The summed E-state index contributed by atoms with van der Waals surface area (Å²) >= 11 is 1.44. The van der Waals surface area contributed by atoms with Gasteiger partial charge in [-0.05, 0) is 50.6 Å². The molecule has 0 aromatic heterocycles. The zero-order valence-corrected chi connectivity index (χ0v) is 16.2. The van der Waals surface area contributed by atoms with E-state index >= 15 is 0 Å². The van der Waals surface area contributed by atoms with Gasteiger partial charge in [0.1, 0.15) is 0 Å². The molecular formula is C21H22N2O2S. The number of hydrogen-bond donors (Lipinski definition) is 1. The number of anilines is 1. The van der Waals surface area contributed by atoms with Gasteiger partial charge in [0, 0.05) is 23.5 Å². The molecule has 0 bridgehead atoms. The molecule has 0 spiro atoms. The van der Waals surface area contributed by atoms with Gasteiger partial charge in [-0.1, -0.05) is 41.6 Å². The molecule has 3 rings (SSSR count). The number of hydrogen-bond acceptors (Lipinski definition) is 3. The van der Waals surface area contributed by atoms with Crippen molar-refractivity contribution >= 4 is 35.3 Å². The molecule has 0 saturated heterocycles. The topological polar surface area (TPSA) is 49.4 Å². The minimum atomic E-state index is -0.130. The fraction of sp³-hybridized carbons (Fsp3) is 0.238. The average molecular weight is 366 g/mol. The molecule has 1 aliphatic rings. The Morgan fingerprint density at radius 2 is 1.96 bits per heavy atom. The number of thioether (sulfide) groups is 1. The number of amides is 2. The summed E-state index contributed by atoms with van der Waals surface area (Å²) in [7, 11) is 1.75. The van der Waals surface area contributed by atoms with Crippen molar-refractivity contribution in [1.82, 2.24) is 5.32 Å². The van der Waals surface area contributed by atoms with Crippen LogP contribution in [0.1, 0.15) is 35.3 Å². The van der Waals surface area contributed by atoms with Gasteiger partial charge in [-0.3, -0.25) is 9.59 Å². The molecule has 26 heavy (non-hydrogen) atoms. The fourth-order valence-corrected chi connectivity index (χ4v) is 3.88. The van der Waals surface area contributed by atoms with Gasteiger partial charge >= 0.3 is 0 Å².